The van der Waals surface area contributed by atoms with E-state index in [4.69, 9.17) is 0 Å². The molecule has 0 atom stereocenters. The van der Waals surface area contributed by atoms with E-state index in [2.05, 4.69) is 64.1 Å². The second-order valence-corrected chi connectivity index (χ2v) is 6.83. The minimum atomic E-state index is 0.814. The van der Waals surface area contributed by atoms with Crippen LogP contribution in [0.4, 0.5) is 5.69 Å². The lowest BCUT2D eigenvalue weighted by Crippen LogP contribution is -2.01. The maximum atomic E-state index is 4.36. The molecule has 0 fully saturated rings. The van der Waals surface area contributed by atoms with Crippen molar-refractivity contribution in [3.63, 3.8) is 0 Å². The van der Waals surface area contributed by atoms with Crippen molar-refractivity contribution in [1.29, 1.82) is 0 Å². The zero-order valence-electron chi connectivity index (χ0n) is 9.74. The van der Waals surface area contributed by atoms with E-state index in [1.54, 1.807) is 11.3 Å². The van der Waals surface area contributed by atoms with E-state index in [0.717, 1.165) is 18.0 Å². The van der Waals surface area contributed by atoms with Crippen LogP contribution in [-0.2, 0) is 13.0 Å². The number of thiazole rings is 1. The van der Waals surface area contributed by atoms with Gasteiger partial charge >= 0.3 is 0 Å². The predicted molar refractivity (Wildman–Crippen MR) is 82.6 cm³/mol. The summed E-state index contributed by atoms with van der Waals surface area (Å²) in [4.78, 5) is 4.36. The van der Waals surface area contributed by atoms with E-state index >= 15 is 0 Å². The number of halogens is 1. The Morgan fingerprint density at radius 3 is 2.88 bits per heavy atom. The summed E-state index contributed by atoms with van der Waals surface area (Å²) >= 11 is 4.04. The third-order valence-electron chi connectivity index (χ3n) is 2.49. The summed E-state index contributed by atoms with van der Waals surface area (Å²) in [5.41, 5.74) is 2.63. The summed E-state index contributed by atoms with van der Waals surface area (Å²) in [5, 5.41) is 4.61. The summed E-state index contributed by atoms with van der Waals surface area (Å²) in [6.45, 7) is 3.02. The van der Waals surface area contributed by atoms with Gasteiger partial charge in [-0.2, -0.15) is 0 Å². The first kappa shape index (κ1) is 12.8. The molecule has 1 N–H and O–H groups in total. The number of benzene rings is 1. The van der Waals surface area contributed by atoms with E-state index in [-0.39, 0.29) is 0 Å². The van der Waals surface area contributed by atoms with E-state index in [1.165, 1.54) is 20.6 Å². The molecule has 0 unspecified atom stereocenters. The van der Waals surface area contributed by atoms with Crippen LogP contribution in [0.3, 0.4) is 0 Å². The Morgan fingerprint density at radius 1 is 1.35 bits per heavy atom. The molecule has 0 bridgehead atoms. The normalized spacial score (nSPS) is 10.5. The minimum Gasteiger partial charge on any atom is -0.378 e. The molecule has 2 aromatic rings. The molecule has 2 nitrogen and oxygen atoms in total. The van der Waals surface area contributed by atoms with Gasteiger partial charge in [-0.05, 0) is 40.6 Å². The van der Waals surface area contributed by atoms with Crippen molar-refractivity contribution >= 4 is 39.6 Å². The number of para-hydroxylation sites is 1. The van der Waals surface area contributed by atoms with Crippen LogP contribution < -0.4 is 5.32 Å². The van der Waals surface area contributed by atoms with Crippen LogP contribution in [0.1, 0.15) is 23.9 Å². The molecule has 0 aliphatic carbocycles. The molecule has 1 aromatic heterocycles. The first-order chi connectivity index (χ1) is 8.29. The number of nitrogens with one attached hydrogen (secondary N) is 1. The number of anilines is 1. The fourth-order valence-electron chi connectivity index (χ4n) is 1.72. The second kappa shape index (κ2) is 6.35. The van der Waals surface area contributed by atoms with Gasteiger partial charge in [0.05, 0.1) is 15.6 Å². The standard InChI is InChI=1S/C13H15IN2S/c1-2-5-10-6-3-4-7-11(10)15-9-13-16-8-12(14)17-13/h3-4,6-8,15H,2,5,9H2,1H3. The number of aromatic nitrogens is 1. The van der Waals surface area contributed by atoms with Gasteiger partial charge in [-0.15, -0.1) is 11.3 Å². The van der Waals surface area contributed by atoms with Gasteiger partial charge in [0.2, 0.25) is 0 Å². The Labute approximate surface area is 120 Å². The van der Waals surface area contributed by atoms with Gasteiger partial charge in [0.25, 0.3) is 0 Å². The summed E-state index contributed by atoms with van der Waals surface area (Å²) < 4.78 is 1.24. The Hall–Kier alpha value is -0.620. The van der Waals surface area contributed by atoms with Crippen LogP contribution in [0.25, 0.3) is 0 Å². The molecule has 0 spiro atoms. The van der Waals surface area contributed by atoms with Crippen molar-refractivity contribution in [2.75, 3.05) is 5.32 Å². The lowest BCUT2D eigenvalue weighted by atomic mass is 10.1. The highest BCUT2D eigenvalue weighted by Crippen LogP contribution is 2.20. The SMILES string of the molecule is CCCc1ccccc1NCc1ncc(I)s1. The Balaban J connectivity index is 2.03. The summed E-state index contributed by atoms with van der Waals surface area (Å²) in [5.74, 6) is 0. The highest BCUT2D eigenvalue weighted by atomic mass is 127. The number of aryl methyl sites for hydroxylation is 1. The fourth-order valence-corrected chi connectivity index (χ4v) is 3.20. The van der Waals surface area contributed by atoms with Crippen molar-refractivity contribution in [1.82, 2.24) is 4.98 Å². The molecular formula is C13H15IN2S. The van der Waals surface area contributed by atoms with Crippen LogP contribution in [0, 0.1) is 2.88 Å². The van der Waals surface area contributed by atoms with Crippen LogP contribution in [-0.4, -0.2) is 4.98 Å². The number of hydrogen-bond acceptors (Lipinski definition) is 3. The fraction of sp³-hybridized carbons (Fsp3) is 0.308. The first-order valence-electron chi connectivity index (χ1n) is 5.71. The minimum absolute atomic E-state index is 0.814. The molecule has 4 heteroatoms. The van der Waals surface area contributed by atoms with Crippen molar-refractivity contribution in [3.8, 4) is 0 Å². The quantitative estimate of drug-likeness (QED) is 0.806. The molecule has 1 heterocycles. The summed E-state index contributed by atoms with van der Waals surface area (Å²) in [6.07, 6.45) is 4.21. The van der Waals surface area contributed by atoms with Crippen molar-refractivity contribution in [2.24, 2.45) is 0 Å². The summed E-state index contributed by atoms with van der Waals surface area (Å²) in [7, 11) is 0. The molecule has 1 aromatic carbocycles. The largest absolute Gasteiger partial charge is 0.378 e. The van der Waals surface area contributed by atoms with Gasteiger partial charge in [0.15, 0.2) is 0 Å². The Kier molecular flexibility index (Phi) is 4.79. The van der Waals surface area contributed by atoms with Crippen molar-refractivity contribution in [3.05, 3.63) is 43.9 Å². The van der Waals surface area contributed by atoms with Gasteiger partial charge in [0, 0.05) is 5.69 Å². The average Bonchev–Trinajstić information content (AvgIpc) is 2.74. The predicted octanol–water partition coefficient (Wildman–Crippen LogP) is 4.31. The number of rotatable bonds is 5. The van der Waals surface area contributed by atoms with Crippen molar-refractivity contribution < 1.29 is 0 Å². The van der Waals surface area contributed by atoms with E-state index in [1.807, 2.05) is 6.20 Å². The summed E-state index contributed by atoms with van der Waals surface area (Å²) in [6, 6.07) is 8.51. The smallest absolute Gasteiger partial charge is 0.113 e. The lowest BCUT2D eigenvalue weighted by Gasteiger charge is -2.09. The molecule has 17 heavy (non-hydrogen) atoms. The monoisotopic (exact) mass is 358 g/mol. The van der Waals surface area contributed by atoms with E-state index < -0.39 is 0 Å². The highest BCUT2D eigenvalue weighted by Gasteiger charge is 2.02. The third kappa shape index (κ3) is 3.67. The van der Waals surface area contributed by atoms with Crippen LogP contribution in [0.2, 0.25) is 0 Å². The maximum Gasteiger partial charge on any atom is 0.113 e. The van der Waals surface area contributed by atoms with Crippen molar-refractivity contribution in [2.45, 2.75) is 26.3 Å². The van der Waals surface area contributed by atoms with Gasteiger partial charge < -0.3 is 5.32 Å². The van der Waals surface area contributed by atoms with Crippen LogP contribution >= 0.6 is 33.9 Å². The number of nitrogens with zero attached hydrogens (tertiary/aromatic N) is 1. The van der Waals surface area contributed by atoms with Gasteiger partial charge in [0.1, 0.15) is 5.01 Å². The number of hydrogen-bond donors (Lipinski definition) is 1. The van der Waals surface area contributed by atoms with Crippen LogP contribution in [0.15, 0.2) is 30.5 Å². The van der Waals surface area contributed by atoms with E-state index in [9.17, 15) is 0 Å². The molecule has 0 saturated heterocycles. The average molecular weight is 358 g/mol. The molecule has 0 aliphatic heterocycles. The van der Waals surface area contributed by atoms with Gasteiger partial charge in [-0.1, -0.05) is 31.5 Å². The molecular weight excluding hydrogens is 343 g/mol. The molecule has 2 rings (SSSR count). The second-order valence-electron chi connectivity index (χ2n) is 3.82. The molecule has 0 radical (unpaired) electrons. The zero-order chi connectivity index (χ0) is 12.1. The van der Waals surface area contributed by atoms with Gasteiger partial charge in [-0.3, -0.25) is 0 Å². The molecule has 90 valence electrons. The highest BCUT2D eigenvalue weighted by molar-refractivity contribution is 14.1. The first-order valence-corrected chi connectivity index (χ1v) is 7.61. The van der Waals surface area contributed by atoms with E-state index in [0.29, 0.717) is 0 Å². The van der Waals surface area contributed by atoms with Gasteiger partial charge in [-0.25, -0.2) is 4.98 Å². The maximum absolute atomic E-state index is 4.36. The third-order valence-corrected chi connectivity index (χ3v) is 4.22. The Bertz CT molecular complexity index is 482. The molecule has 0 aliphatic rings. The van der Waals surface area contributed by atoms with Crippen LogP contribution in [0.5, 0.6) is 0 Å². The Morgan fingerprint density at radius 2 is 2.18 bits per heavy atom. The topological polar surface area (TPSA) is 24.9 Å². The molecule has 0 amide bonds. The lowest BCUT2D eigenvalue weighted by molar-refractivity contribution is 0.919. The zero-order valence-corrected chi connectivity index (χ0v) is 12.7. The molecule has 0 saturated carbocycles.